The van der Waals surface area contributed by atoms with Gasteiger partial charge in [0.1, 0.15) is 0 Å². The van der Waals surface area contributed by atoms with Crippen molar-refractivity contribution < 1.29 is 0 Å². The summed E-state index contributed by atoms with van der Waals surface area (Å²) in [5, 5.41) is 0. The lowest BCUT2D eigenvalue weighted by atomic mass is 9.67. The quantitative estimate of drug-likeness (QED) is 0.162. The molecule has 2 aliphatic carbocycles. The highest BCUT2D eigenvalue weighted by atomic mass is 15.0. The van der Waals surface area contributed by atoms with Crippen molar-refractivity contribution >= 4 is 0 Å². The van der Waals surface area contributed by atoms with Crippen molar-refractivity contribution in [3.8, 4) is 89.8 Å². The van der Waals surface area contributed by atoms with Crippen LogP contribution in [-0.4, -0.2) is 15.0 Å². The fourth-order valence-electron chi connectivity index (χ4n) is 9.88. The first-order valence-corrected chi connectivity index (χ1v) is 21.2. The summed E-state index contributed by atoms with van der Waals surface area (Å²) < 4.78 is 0. The van der Waals surface area contributed by atoms with Gasteiger partial charge in [0.25, 0.3) is 0 Å². The van der Waals surface area contributed by atoms with Crippen LogP contribution >= 0.6 is 0 Å². The number of fused-ring (bicyclic) bond motifs is 5. The molecule has 1 heterocycles. The van der Waals surface area contributed by atoms with Gasteiger partial charge in [0.15, 0.2) is 17.5 Å². The molecule has 1 saturated carbocycles. The molecule has 3 heteroatoms. The minimum absolute atomic E-state index is 0.112. The molecular weight excluding hydrogens is 727 g/mol. The lowest BCUT2D eigenvalue weighted by molar-refractivity contribution is 0.353. The van der Waals surface area contributed by atoms with Gasteiger partial charge in [0.05, 0.1) is 0 Å². The Kier molecular flexibility index (Phi) is 9.08. The Bertz CT molecular complexity index is 3000. The monoisotopic (exact) mass is 769 g/mol. The van der Waals surface area contributed by atoms with E-state index in [0.29, 0.717) is 17.5 Å². The van der Waals surface area contributed by atoms with Crippen LogP contribution in [0, 0.1) is 0 Å². The van der Waals surface area contributed by atoms with Gasteiger partial charge in [-0.05, 0) is 97.8 Å². The Balaban J connectivity index is 1.03. The van der Waals surface area contributed by atoms with Gasteiger partial charge in [-0.2, -0.15) is 0 Å². The SMILES string of the molecule is c1ccc(-c2nc(-c3ccc(-c4ccccc4)c(-c4ccccc4)c3)nc(-c3ccccc3-c3cccc(-c4ccc5c(c4)C4(CCCCC4)c4ccccc4-5)c3)n2)cc1. The molecule has 2 aliphatic rings. The number of rotatable bonds is 7. The normalized spacial score (nSPS) is 13.8. The Morgan fingerprint density at radius 2 is 0.750 bits per heavy atom. The van der Waals surface area contributed by atoms with E-state index in [1.807, 2.05) is 18.2 Å². The predicted molar refractivity (Wildman–Crippen MR) is 247 cm³/mol. The molecule has 1 spiro atoms. The lowest BCUT2D eigenvalue weighted by Crippen LogP contribution is -2.28. The van der Waals surface area contributed by atoms with Crippen molar-refractivity contribution in [1.82, 2.24) is 15.0 Å². The van der Waals surface area contributed by atoms with E-state index in [0.717, 1.165) is 44.5 Å². The summed E-state index contributed by atoms with van der Waals surface area (Å²) in [4.78, 5) is 15.6. The smallest absolute Gasteiger partial charge is 0.164 e. The molecule has 0 N–H and O–H groups in total. The maximum Gasteiger partial charge on any atom is 0.164 e. The van der Waals surface area contributed by atoms with Gasteiger partial charge < -0.3 is 0 Å². The van der Waals surface area contributed by atoms with Gasteiger partial charge in [-0.1, -0.05) is 201 Å². The Morgan fingerprint density at radius 1 is 0.267 bits per heavy atom. The van der Waals surface area contributed by atoms with E-state index in [4.69, 9.17) is 15.0 Å². The standard InChI is InChI=1S/C57H43N3/c1-5-18-39(19-6-1)47-32-31-45(37-51(47)40-20-7-2-8-21-40)55-58-54(41-22-9-3-10-23-41)59-56(60-55)50-28-12-11-26-46(50)44-25-17-24-42(36-44)43-30-33-49-48-27-13-14-29-52(48)57(53(49)38-43)34-15-4-16-35-57/h1-3,5-14,17-33,36-38H,4,15-16,34-35H2. The highest BCUT2D eigenvalue weighted by Gasteiger charge is 2.43. The third kappa shape index (κ3) is 6.35. The summed E-state index contributed by atoms with van der Waals surface area (Å²) >= 11 is 0. The van der Waals surface area contributed by atoms with Crippen LogP contribution in [0.5, 0.6) is 0 Å². The van der Waals surface area contributed by atoms with E-state index in [9.17, 15) is 0 Å². The second-order valence-electron chi connectivity index (χ2n) is 16.2. The van der Waals surface area contributed by atoms with E-state index in [-0.39, 0.29) is 5.41 Å². The van der Waals surface area contributed by atoms with Gasteiger partial charge in [0, 0.05) is 22.1 Å². The number of hydrogen-bond donors (Lipinski definition) is 0. The third-order valence-corrected chi connectivity index (χ3v) is 12.8. The molecule has 9 aromatic rings. The lowest BCUT2D eigenvalue weighted by Gasteiger charge is -2.36. The highest BCUT2D eigenvalue weighted by molar-refractivity contribution is 5.89. The second-order valence-corrected chi connectivity index (χ2v) is 16.2. The minimum atomic E-state index is 0.112. The van der Waals surface area contributed by atoms with Crippen molar-refractivity contribution in [1.29, 1.82) is 0 Å². The maximum absolute atomic E-state index is 5.29. The zero-order valence-corrected chi connectivity index (χ0v) is 33.4. The largest absolute Gasteiger partial charge is 0.208 e. The van der Waals surface area contributed by atoms with Crippen LogP contribution in [0.4, 0.5) is 0 Å². The van der Waals surface area contributed by atoms with Crippen molar-refractivity contribution in [2.75, 3.05) is 0 Å². The molecule has 0 aliphatic heterocycles. The van der Waals surface area contributed by atoms with E-state index in [2.05, 4.69) is 182 Å². The molecule has 286 valence electrons. The van der Waals surface area contributed by atoms with Crippen LogP contribution in [0.3, 0.4) is 0 Å². The van der Waals surface area contributed by atoms with Crippen LogP contribution in [0.2, 0.25) is 0 Å². The van der Waals surface area contributed by atoms with Crippen molar-refractivity contribution in [3.05, 3.63) is 211 Å². The average Bonchev–Trinajstić information content (AvgIpc) is 3.59. The Labute approximate surface area is 352 Å². The number of nitrogens with zero attached hydrogens (tertiary/aromatic N) is 3. The first-order valence-electron chi connectivity index (χ1n) is 21.2. The topological polar surface area (TPSA) is 38.7 Å². The third-order valence-electron chi connectivity index (χ3n) is 12.8. The summed E-state index contributed by atoms with van der Waals surface area (Å²) in [5.41, 5.74) is 18.1. The molecule has 0 saturated heterocycles. The fraction of sp³-hybridized carbons (Fsp3) is 0.105. The summed E-state index contributed by atoms with van der Waals surface area (Å²) in [5.74, 6) is 1.92. The van der Waals surface area contributed by atoms with Gasteiger partial charge >= 0.3 is 0 Å². The number of benzene rings is 8. The summed E-state index contributed by atoms with van der Waals surface area (Å²) in [7, 11) is 0. The molecule has 0 bridgehead atoms. The van der Waals surface area contributed by atoms with E-state index >= 15 is 0 Å². The van der Waals surface area contributed by atoms with E-state index in [1.165, 1.54) is 71.0 Å². The summed E-state index contributed by atoms with van der Waals surface area (Å²) in [6.07, 6.45) is 6.32. The summed E-state index contributed by atoms with van der Waals surface area (Å²) in [6.45, 7) is 0. The molecule has 8 aromatic carbocycles. The molecular formula is C57H43N3. The molecule has 1 aromatic heterocycles. The van der Waals surface area contributed by atoms with Crippen molar-refractivity contribution in [3.63, 3.8) is 0 Å². The molecule has 3 nitrogen and oxygen atoms in total. The van der Waals surface area contributed by atoms with Gasteiger partial charge in [-0.15, -0.1) is 0 Å². The molecule has 0 radical (unpaired) electrons. The average molecular weight is 770 g/mol. The van der Waals surface area contributed by atoms with Crippen LogP contribution in [0.25, 0.3) is 89.8 Å². The van der Waals surface area contributed by atoms with Crippen LogP contribution in [0.1, 0.15) is 43.2 Å². The Morgan fingerprint density at radius 3 is 1.48 bits per heavy atom. The van der Waals surface area contributed by atoms with E-state index in [1.54, 1.807) is 0 Å². The van der Waals surface area contributed by atoms with Crippen LogP contribution in [0.15, 0.2) is 200 Å². The molecule has 0 unspecified atom stereocenters. The predicted octanol–water partition coefficient (Wildman–Crippen LogP) is 14.8. The van der Waals surface area contributed by atoms with Crippen molar-refractivity contribution in [2.24, 2.45) is 0 Å². The second kappa shape index (κ2) is 15.2. The molecule has 1 fully saturated rings. The zero-order valence-electron chi connectivity index (χ0n) is 33.4. The van der Waals surface area contributed by atoms with E-state index < -0.39 is 0 Å². The van der Waals surface area contributed by atoms with Gasteiger partial charge in [0.2, 0.25) is 0 Å². The van der Waals surface area contributed by atoms with Crippen LogP contribution < -0.4 is 0 Å². The highest BCUT2D eigenvalue weighted by Crippen LogP contribution is 2.56. The van der Waals surface area contributed by atoms with Crippen LogP contribution in [-0.2, 0) is 5.41 Å². The zero-order chi connectivity index (χ0) is 39.9. The maximum atomic E-state index is 5.29. The molecule has 0 atom stereocenters. The summed E-state index contributed by atoms with van der Waals surface area (Å²) in [6, 6.07) is 71.8. The van der Waals surface area contributed by atoms with Crippen molar-refractivity contribution in [2.45, 2.75) is 37.5 Å². The molecule has 11 rings (SSSR count). The first kappa shape index (κ1) is 35.9. The first-order chi connectivity index (χ1) is 29.7. The fourth-order valence-corrected chi connectivity index (χ4v) is 9.88. The van der Waals surface area contributed by atoms with Gasteiger partial charge in [-0.25, -0.2) is 15.0 Å². The molecule has 60 heavy (non-hydrogen) atoms. The number of hydrogen-bond acceptors (Lipinski definition) is 3. The molecule has 0 amide bonds. The minimum Gasteiger partial charge on any atom is -0.208 e. The number of aromatic nitrogens is 3. The van der Waals surface area contributed by atoms with Gasteiger partial charge in [-0.3, -0.25) is 0 Å². The Hall–Kier alpha value is -7.23.